The Balaban J connectivity index is 1.38. The number of hydrogen-bond donors (Lipinski definition) is 2. The first-order valence-electron chi connectivity index (χ1n) is 9.37. The van der Waals surface area contributed by atoms with E-state index in [1.165, 1.54) is 12.8 Å². The van der Waals surface area contributed by atoms with Crippen molar-refractivity contribution in [2.45, 2.75) is 38.6 Å². The third-order valence-electron chi connectivity index (χ3n) is 5.09. The summed E-state index contributed by atoms with van der Waals surface area (Å²) in [5.74, 6) is 1.33. The Hall–Kier alpha value is -2.41. The lowest BCUT2D eigenvalue weighted by atomic mass is 10.1. The maximum absolute atomic E-state index is 12.6. The lowest BCUT2D eigenvalue weighted by Crippen LogP contribution is -2.30. The number of anilines is 1. The number of rotatable bonds is 6. The van der Waals surface area contributed by atoms with Crippen molar-refractivity contribution in [2.75, 3.05) is 25.0 Å². The molecule has 0 spiro atoms. The van der Waals surface area contributed by atoms with Crippen LogP contribution in [0.2, 0.25) is 0 Å². The first-order chi connectivity index (χ1) is 12.7. The van der Waals surface area contributed by atoms with Gasteiger partial charge in [-0.15, -0.1) is 5.10 Å². The van der Waals surface area contributed by atoms with Crippen LogP contribution in [0.5, 0.6) is 5.75 Å². The molecule has 1 aromatic carbocycles. The number of nitrogens with zero attached hydrogens (tertiary/aromatic N) is 3. The first-order valence-corrected chi connectivity index (χ1v) is 9.37. The molecule has 2 heterocycles. The monoisotopic (exact) mass is 355 g/mol. The number of carbonyl (C=O) groups is 1. The third-order valence-corrected chi connectivity index (χ3v) is 5.09. The molecule has 7 heteroatoms. The van der Waals surface area contributed by atoms with Crippen LogP contribution in [0, 0.1) is 12.8 Å². The van der Waals surface area contributed by atoms with E-state index in [1.807, 2.05) is 35.9 Å². The zero-order valence-corrected chi connectivity index (χ0v) is 15.1. The largest absolute Gasteiger partial charge is 0.493 e. The average Bonchev–Trinajstić information content (AvgIpc) is 3.42. The SMILES string of the molecule is Cc1c(C(=O)Nc2ccc(OCC3CC3)cc2)nnn1C1CCNCC1. The number of benzene rings is 1. The van der Waals surface area contributed by atoms with Gasteiger partial charge in [-0.3, -0.25) is 4.79 Å². The van der Waals surface area contributed by atoms with E-state index >= 15 is 0 Å². The Morgan fingerprint density at radius 2 is 1.96 bits per heavy atom. The molecule has 1 aromatic heterocycles. The van der Waals surface area contributed by atoms with Crippen molar-refractivity contribution in [3.05, 3.63) is 35.7 Å². The molecule has 0 atom stereocenters. The number of nitrogens with one attached hydrogen (secondary N) is 2. The van der Waals surface area contributed by atoms with Gasteiger partial charge in [-0.2, -0.15) is 0 Å². The van der Waals surface area contributed by atoms with Crippen LogP contribution in [0.25, 0.3) is 0 Å². The highest BCUT2D eigenvalue weighted by molar-refractivity contribution is 6.03. The van der Waals surface area contributed by atoms with E-state index in [9.17, 15) is 4.79 Å². The molecule has 2 fully saturated rings. The van der Waals surface area contributed by atoms with Crippen LogP contribution in [-0.2, 0) is 0 Å². The van der Waals surface area contributed by atoms with E-state index in [1.54, 1.807) is 0 Å². The predicted molar refractivity (Wildman–Crippen MR) is 98.5 cm³/mol. The quantitative estimate of drug-likeness (QED) is 0.832. The summed E-state index contributed by atoms with van der Waals surface area (Å²) in [6.07, 6.45) is 4.55. The van der Waals surface area contributed by atoms with Crippen LogP contribution in [0.15, 0.2) is 24.3 Å². The molecule has 7 nitrogen and oxygen atoms in total. The normalized spacial score (nSPS) is 17.9. The highest BCUT2D eigenvalue weighted by Gasteiger charge is 2.23. The average molecular weight is 355 g/mol. The van der Waals surface area contributed by atoms with Crippen molar-refractivity contribution in [3.8, 4) is 5.75 Å². The fourth-order valence-corrected chi connectivity index (χ4v) is 3.27. The van der Waals surface area contributed by atoms with E-state index in [2.05, 4.69) is 20.9 Å². The van der Waals surface area contributed by atoms with Gasteiger partial charge in [0.2, 0.25) is 0 Å². The van der Waals surface area contributed by atoms with Crippen molar-refractivity contribution in [1.82, 2.24) is 20.3 Å². The first kappa shape index (κ1) is 17.0. The number of piperidine rings is 1. The second-order valence-corrected chi connectivity index (χ2v) is 7.18. The van der Waals surface area contributed by atoms with Crippen LogP contribution >= 0.6 is 0 Å². The summed E-state index contributed by atoms with van der Waals surface area (Å²) in [7, 11) is 0. The maximum Gasteiger partial charge on any atom is 0.278 e. The summed E-state index contributed by atoms with van der Waals surface area (Å²) in [4.78, 5) is 12.6. The van der Waals surface area contributed by atoms with Crippen LogP contribution < -0.4 is 15.4 Å². The second-order valence-electron chi connectivity index (χ2n) is 7.18. The Kier molecular flexibility index (Phi) is 4.88. The van der Waals surface area contributed by atoms with Crippen LogP contribution in [0.4, 0.5) is 5.69 Å². The standard InChI is InChI=1S/C19H25N5O2/c1-13-18(22-23-24(13)16-8-10-20-11-9-16)19(25)21-15-4-6-17(7-5-15)26-12-14-2-3-14/h4-7,14,16,20H,2-3,8-12H2,1H3,(H,21,25). The summed E-state index contributed by atoms with van der Waals surface area (Å²) in [6, 6.07) is 7.79. The lowest BCUT2D eigenvalue weighted by molar-refractivity contribution is 0.102. The molecule has 138 valence electrons. The molecule has 0 unspecified atom stereocenters. The van der Waals surface area contributed by atoms with Gasteiger partial charge in [0.15, 0.2) is 5.69 Å². The predicted octanol–water partition coefficient (Wildman–Crippen LogP) is 2.55. The van der Waals surface area contributed by atoms with E-state index in [0.29, 0.717) is 11.7 Å². The molecular formula is C19H25N5O2. The van der Waals surface area contributed by atoms with Gasteiger partial charge in [0.05, 0.1) is 18.3 Å². The summed E-state index contributed by atoms with van der Waals surface area (Å²) in [5, 5.41) is 14.6. The van der Waals surface area contributed by atoms with Gasteiger partial charge in [0.1, 0.15) is 5.75 Å². The Morgan fingerprint density at radius 1 is 1.23 bits per heavy atom. The number of aromatic nitrogens is 3. The minimum atomic E-state index is -0.227. The molecule has 1 aliphatic carbocycles. The molecule has 0 radical (unpaired) electrons. The Labute approximate surface area is 153 Å². The number of carbonyl (C=O) groups excluding carboxylic acids is 1. The summed E-state index contributed by atoms with van der Waals surface area (Å²) in [6.45, 7) is 4.64. The van der Waals surface area contributed by atoms with E-state index < -0.39 is 0 Å². The van der Waals surface area contributed by atoms with Crippen LogP contribution in [0.1, 0.15) is 47.9 Å². The molecule has 4 rings (SSSR count). The summed E-state index contributed by atoms with van der Waals surface area (Å²) in [5.41, 5.74) is 1.93. The van der Waals surface area contributed by atoms with E-state index in [-0.39, 0.29) is 5.91 Å². The minimum absolute atomic E-state index is 0.227. The Morgan fingerprint density at radius 3 is 2.65 bits per heavy atom. The minimum Gasteiger partial charge on any atom is -0.493 e. The number of ether oxygens (including phenoxy) is 1. The smallest absolute Gasteiger partial charge is 0.278 e. The summed E-state index contributed by atoms with van der Waals surface area (Å²) >= 11 is 0. The van der Waals surface area contributed by atoms with Gasteiger partial charge in [-0.05, 0) is 75.9 Å². The van der Waals surface area contributed by atoms with Crippen molar-refractivity contribution in [3.63, 3.8) is 0 Å². The molecule has 26 heavy (non-hydrogen) atoms. The lowest BCUT2D eigenvalue weighted by Gasteiger charge is -2.23. The highest BCUT2D eigenvalue weighted by Crippen LogP contribution is 2.29. The molecule has 1 aliphatic heterocycles. The molecule has 2 N–H and O–H groups in total. The zero-order chi connectivity index (χ0) is 17.9. The van der Waals surface area contributed by atoms with Crippen LogP contribution in [0.3, 0.4) is 0 Å². The van der Waals surface area contributed by atoms with Crippen molar-refractivity contribution in [2.24, 2.45) is 5.92 Å². The van der Waals surface area contributed by atoms with Crippen molar-refractivity contribution < 1.29 is 9.53 Å². The fourth-order valence-electron chi connectivity index (χ4n) is 3.27. The molecule has 1 amide bonds. The van der Waals surface area contributed by atoms with Crippen LogP contribution in [-0.4, -0.2) is 40.6 Å². The second kappa shape index (κ2) is 7.45. The van der Waals surface area contributed by atoms with E-state index in [4.69, 9.17) is 4.74 Å². The number of amides is 1. The molecule has 2 aromatic rings. The molecule has 1 saturated heterocycles. The molecule has 0 bridgehead atoms. The van der Waals surface area contributed by atoms with Crippen molar-refractivity contribution >= 4 is 11.6 Å². The van der Waals surface area contributed by atoms with Gasteiger partial charge in [0.25, 0.3) is 5.91 Å². The van der Waals surface area contributed by atoms with Gasteiger partial charge < -0.3 is 15.4 Å². The van der Waals surface area contributed by atoms with Gasteiger partial charge in [-0.25, -0.2) is 4.68 Å². The van der Waals surface area contributed by atoms with Gasteiger partial charge in [0, 0.05) is 5.69 Å². The Bertz CT molecular complexity index is 761. The highest BCUT2D eigenvalue weighted by atomic mass is 16.5. The fraction of sp³-hybridized carbons (Fsp3) is 0.526. The third kappa shape index (κ3) is 3.88. The zero-order valence-electron chi connectivity index (χ0n) is 15.1. The van der Waals surface area contributed by atoms with Crippen molar-refractivity contribution in [1.29, 1.82) is 0 Å². The molecule has 2 aliphatic rings. The molecule has 1 saturated carbocycles. The number of hydrogen-bond acceptors (Lipinski definition) is 5. The maximum atomic E-state index is 12.6. The summed E-state index contributed by atoms with van der Waals surface area (Å²) < 4.78 is 7.61. The molecular weight excluding hydrogens is 330 g/mol. The van der Waals surface area contributed by atoms with Gasteiger partial charge >= 0.3 is 0 Å². The topological polar surface area (TPSA) is 81.1 Å². The van der Waals surface area contributed by atoms with E-state index in [0.717, 1.165) is 55.6 Å². The van der Waals surface area contributed by atoms with Gasteiger partial charge in [-0.1, -0.05) is 5.21 Å².